The first-order chi connectivity index (χ1) is 6.15. The quantitative estimate of drug-likeness (QED) is 0.578. The van der Waals surface area contributed by atoms with Crippen LogP contribution in [-0.2, 0) is 6.54 Å². The van der Waals surface area contributed by atoms with Gasteiger partial charge in [0.2, 0.25) is 0 Å². The van der Waals surface area contributed by atoms with Crippen molar-refractivity contribution >= 4 is 17.3 Å². The van der Waals surface area contributed by atoms with Crippen LogP contribution in [0.25, 0.3) is 0 Å². The van der Waals surface area contributed by atoms with Crippen LogP contribution in [-0.4, -0.2) is 10.1 Å². The normalized spacial score (nSPS) is 10.0. The molecule has 0 amide bonds. The average Bonchev–Trinajstić information content (AvgIpc) is 2.08. The van der Waals surface area contributed by atoms with Crippen molar-refractivity contribution in [2.75, 3.05) is 0 Å². The summed E-state index contributed by atoms with van der Waals surface area (Å²) < 4.78 is 0. The van der Waals surface area contributed by atoms with Gasteiger partial charge < -0.3 is 5.21 Å². The third kappa shape index (κ3) is 2.38. The molecule has 1 aromatic rings. The van der Waals surface area contributed by atoms with Crippen molar-refractivity contribution in [2.24, 2.45) is 0 Å². The smallest absolute Gasteiger partial charge is 0.288 e. The van der Waals surface area contributed by atoms with Crippen LogP contribution in [0.1, 0.15) is 5.56 Å². The lowest BCUT2D eigenvalue weighted by atomic mass is 10.2. The minimum Gasteiger partial charge on any atom is -0.316 e. The van der Waals surface area contributed by atoms with Crippen LogP contribution in [0, 0.1) is 10.1 Å². The van der Waals surface area contributed by atoms with Gasteiger partial charge in [0.25, 0.3) is 5.69 Å². The van der Waals surface area contributed by atoms with Gasteiger partial charge in [0.1, 0.15) is 5.02 Å². The second-order valence-electron chi connectivity index (χ2n) is 2.38. The molecule has 1 aromatic carbocycles. The van der Waals surface area contributed by atoms with Crippen LogP contribution >= 0.6 is 11.6 Å². The Kier molecular flexibility index (Phi) is 3.18. The second kappa shape index (κ2) is 4.18. The summed E-state index contributed by atoms with van der Waals surface area (Å²) in [5.41, 5.74) is 2.34. The number of rotatable bonds is 3. The Bertz CT molecular complexity index is 330. The summed E-state index contributed by atoms with van der Waals surface area (Å²) in [5, 5.41) is 18.9. The molecule has 13 heavy (non-hydrogen) atoms. The lowest BCUT2D eigenvalue weighted by Crippen LogP contribution is -2.06. The standard InChI is InChI=1S/C7H7ClN2O3/c8-6-2-1-5(4-9-11)3-7(6)10(12)13/h1-3,9,11H,4H2. The second-order valence-corrected chi connectivity index (χ2v) is 2.78. The zero-order chi connectivity index (χ0) is 9.84. The monoisotopic (exact) mass is 202 g/mol. The molecule has 0 heterocycles. The summed E-state index contributed by atoms with van der Waals surface area (Å²) in [5.74, 6) is 0. The van der Waals surface area contributed by atoms with Gasteiger partial charge in [0.15, 0.2) is 0 Å². The van der Waals surface area contributed by atoms with Crippen LogP contribution in [0.5, 0.6) is 0 Å². The van der Waals surface area contributed by atoms with E-state index in [-0.39, 0.29) is 17.3 Å². The molecule has 0 aromatic heterocycles. The topological polar surface area (TPSA) is 75.4 Å². The van der Waals surface area contributed by atoms with Crippen molar-refractivity contribution in [1.82, 2.24) is 5.48 Å². The summed E-state index contributed by atoms with van der Waals surface area (Å²) in [6.45, 7) is 0.151. The van der Waals surface area contributed by atoms with Gasteiger partial charge in [0, 0.05) is 12.6 Å². The number of benzene rings is 1. The largest absolute Gasteiger partial charge is 0.316 e. The number of hydroxylamine groups is 1. The molecule has 0 aliphatic rings. The molecule has 0 saturated carbocycles. The fourth-order valence-electron chi connectivity index (χ4n) is 0.899. The van der Waals surface area contributed by atoms with Gasteiger partial charge >= 0.3 is 0 Å². The van der Waals surface area contributed by atoms with E-state index in [0.29, 0.717) is 5.56 Å². The third-order valence-electron chi connectivity index (χ3n) is 1.49. The molecule has 6 heteroatoms. The molecule has 0 spiro atoms. The Labute approximate surface area is 79.1 Å². The molecule has 0 aliphatic carbocycles. The number of nitrogens with zero attached hydrogens (tertiary/aromatic N) is 1. The Morgan fingerprint density at radius 2 is 2.31 bits per heavy atom. The van der Waals surface area contributed by atoms with Crippen LogP contribution < -0.4 is 5.48 Å². The van der Waals surface area contributed by atoms with E-state index in [1.54, 1.807) is 6.07 Å². The summed E-state index contributed by atoms with van der Waals surface area (Å²) in [4.78, 5) is 9.85. The van der Waals surface area contributed by atoms with Gasteiger partial charge in [-0.3, -0.25) is 10.1 Å². The number of halogens is 1. The summed E-state index contributed by atoms with van der Waals surface area (Å²) >= 11 is 5.57. The number of nitro benzene ring substituents is 1. The predicted molar refractivity (Wildman–Crippen MR) is 46.7 cm³/mol. The maximum atomic E-state index is 10.4. The highest BCUT2D eigenvalue weighted by Gasteiger charge is 2.11. The maximum Gasteiger partial charge on any atom is 0.288 e. The van der Waals surface area contributed by atoms with Gasteiger partial charge in [-0.2, -0.15) is 0 Å². The van der Waals surface area contributed by atoms with E-state index in [0.717, 1.165) is 0 Å². The van der Waals surface area contributed by atoms with Crippen LogP contribution in [0.2, 0.25) is 5.02 Å². The van der Waals surface area contributed by atoms with Crippen molar-refractivity contribution in [3.8, 4) is 0 Å². The van der Waals surface area contributed by atoms with Crippen molar-refractivity contribution < 1.29 is 10.1 Å². The fourth-order valence-corrected chi connectivity index (χ4v) is 1.09. The molecule has 0 saturated heterocycles. The molecule has 0 atom stereocenters. The summed E-state index contributed by atoms with van der Waals surface area (Å²) in [7, 11) is 0. The Morgan fingerprint density at radius 1 is 1.62 bits per heavy atom. The average molecular weight is 203 g/mol. The number of nitrogens with one attached hydrogen (secondary N) is 1. The molecular formula is C7H7ClN2O3. The predicted octanol–water partition coefficient (Wildman–Crippen LogP) is 1.73. The van der Waals surface area contributed by atoms with Crippen LogP contribution in [0.3, 0.4) is 0 Å². The molecular weight excluding hydrogens is 196 g/mol. The molecule has 0 bridgehead atoms. The van der Waals surface area contributed by atoms with Crippen molar-refractivity contribution in [2.45, 2.75) is 6.54 Å². The van der Waals surface area contributed by atoms with E-state index in [4.69, 9.17) is 16.8 Å². The third-order valence-corrected chi connectivity index (χ3v) is 1.81. The Balaban J connectivity index is 3.04. The van der Waals surface area contributed by atoms with Crippen molar-refractivity contribution in [3.05, 3.63) is 38.9 Å². The van der Waals surface area contributed by atoms with Gasteiger partial charge in [-0.25, -0.2) is 5.48 Å². The zero-order valence-electron chi connectivity index (χ0n) is 6.53. The van der Waals surface area contributed by atoms with Gasteiger partial charge in [-0.1, -0.05) is 17.7 Å². The Hall–Kier alpha value is -1.17. The van der Waals surface area contributed by atoms with Crippen molar-refractivity contribution in [3.63, 3.8) is 0 Å². The molecule has 0 fully saturated rings. The fraction of sp³-hybridized carbons (Fsp3) is 0.143. The first-order valence-electron chi connectivity index (χ1n) is 3.45. The van der Waals surface area contributed by atoms with E-state index in [2.05, 4.69) is 0 Å². The molecule has 1 rings (SSSR count). The number of hydrogen-bond acceptors (Lipinski definition) is 4. The van der Waals surface area contributed by atoms with E-state index in [9.17, 15) is 10.1 Å². The molecule has 2 N–H and O–H groups in total. The van der Waals surface area contributed by atoms with E-state index in [1.807, 2.05) is 5.48 Å². The van der Waals surface area contributed by atoms with E-state index >= 15 is 0 Å². The first-order valence-corrected chi connectivity index (χ1v) is 3.82. The zero-order valence-corrected chi connectivity index (χ0v) is 7.28. The minimum absolute atomic E-state index is 0.0895. The molecule has 0 radical (unpaired) electrons. The lowest BCUT2D eigenvalue weighted by molar-refractivity contribution is -0.384. The first kappa shape index (κ1) is 9.91. The molecule has 0 unspecified atom stereocenters. The van der Waals surface area contributed by atoms with Crippen molar-refractivity contribution in [1.29, 1.82) is 0 Å². The van der Waals surface area contributed by atoms with E-state index < -0.39 is 4.92 Å². The Morgan fingerprint density at radius 3 is 2.85 bits per heavy atom. The van der Waals surface area contributed by atoms with Crippen LogP contribution in [0.4, 0.5) is 5.69 Å². The maximum absolute atomic E-state index is 10.4. The minimum atomic E-state index is -0.566. The van der Waals surface area contributed by atoms with E-state index in [1.165, 1.54) is 12.1 Å². The number of nitro groups is 1. The lowest BCUT2D eigenvalue weighted by Gasteiger charge is -1.99. The summed E-state index contributed by atoms with van der Waals surface area (Å²) in [6, 6.07) is 4.33. The van der Waals surface area contributed by atoms with Crippen LogP contribution in [0.15, 0.2) is 18.2 Å². The molecule has 5 nitrogen and oxygen atoms in total. The molecule has 0 aliphatic heterocycles. The van der Waals surface area contributed by atoms with Gasteiger partial charge in [-0.15, -0.1) is 0 Å². The highest BCUT2D eigenvalue weighted by Crippen LogP contribution is 2.24. The van der Waals surface area contributed by atoms with Gasteiger partial charge in [0.05, 0.1) is 4.92 Å². The van der Waals surface area contributed by atoms with Gasteiger partial charge in [-0.05, 0) is 11.6 Å². The summed E-state index contributed by atoms with van der Waals surface area (Å²) in [6.07, 6.45) is 0. The highest BCUT2D eigenvalue weighted by molar-refractivity contribution is 6.32. The SMILES string of the molecule is O=[N+]([O-])c1cc(CNO)ccc1Cl. The molecule has 70 valence electrons. The number of hydrogen-bond donors (Lipinski definition) is 2. The highest BCUT2D eigenvalue weighted by atomic mass is 35.5.